The van der Waals surface area contributed by atoms with Crippen LogP contribution in [0.2, 0.25) is 0 Å². The van der Waals surface area contributed by atoms with Crippen LogP contribution < -0.4 is 0 Å². The van der Waals surface area contributed by atoms with Crippen molar-refractivity contribution in [2.45, 2.75) is 90.6 Å². The summed E-state index contributed by atoms with van der Waals surface area (Å²) in [6.07, 6.45) is 21.1. The van der Waals surface area contributed by atoms with Gasteiger partial charge in [-0.3, -0.25) is 13.8 Å². The number of carbonyl (C=O) groups excluding carboxylic acids is 1. The molecule has 0 saturated carbocycles. The van der Waals surface area contributed by atoms with Crippen molar-refractivity contribution in [1.82, 2.24) is 0 Å². The Kier molecular flexibility index (Phi) is 21.4. The van der Waals surface area contributed by atoms with Gasteiger partial charge < -0.3 is 18.9 Å². The molecule has 0 aromatic rings. The maximum absolute atomic E-state index is 12.0. The van der Waals surface area contributed by atoms with Crippen LogP contribution in [0.4, 0.5) is 0 Å². The molecular formula is C27H53NO7P+. The molecule has 0 aromatic carbocycles. The van der Waals surface area contributed by atoms with Crippen LogP contribution in [-0.2, 0) is 27.9 Å². The van der Waals surface area contributed by atoms with E-state index >= 15 is 0 Å². The van der Waals surface area contributed by atoms with E-state index in [0.29, 0.717) is 17.6 Å². The van der Waals surface area contributed by atoms with Crippen molar-refractivity contribution in [2.75, 3.05) is 54.1 Å². The van der Waals surface area contributed by atoms with Crippen LogP contribution in [0.15, 0.2) is 24.3 Å². The van der Waals surface area contributed by atoms with Gasteiger partial charge in [0.1, 0.15) is 19.3 Å². The summed E-state index contributed by atoms with van der Waals surface area (Å²) in [7, 11) is 1.64. The molecule has 0 aliphatic rings. The largest absolute Gasteiger partial charge is 0.472 e. The molecule has 0 aliphatic heterocycles. The highest BCUT2D eigenvalue weighted by molar-refractivity contribution is 7.47. The maximum atomic E-state index is 12.0. The molecule has 0 saturated heterocycles. The van der Waals surface area contributed by atoms with E-state index in [4.69, 9.17) is 18.5 Å². The summed E-state index contributed by atoms with van der Waals surface area (Å²) in [6.45, 7) is 4.53. The first-order valence-electron chi connectivity index (χ1n) is 13.5. The molecule has 8 nitrogen and oxygen atoms in total. The third-order valence-electron chi connectivity index (χ3n) is 5.32. The van der Waals surface area contributed by atoms with Crippen LogP contribution in [0.1, 0.15) is 84.5 Å². The van der Waals surface area contributed by atoms with Gasteiger partial charge in [0.05, 0.1) is 34.4 Å². The summed E-state index contributed by atoms with van der Waals surface area (Å²) in [6, 6.07) is 0. The molecule has 0 amide bonds. The highest BCUT2D eigenvalue weighted by atomic mass is 31.2. The van der Waals surface area contributed by atoms with Gasteiger partial charge in [0.25, 0.3) is 0 Å². The van der Waals surface area contributed by atoms with Crippen LogP contribution in [0.5, 0.6) is 0 Å². The molecule has 0 heterocycles. The lowest BCUT2D eigenvalue weighted by molar-refractivity contribution is -0.870. The number of hydrogen-bond acceptors (Lipinski definition) is 6. The van der Waals surface area contributed by atoms with Crippen LogP contribution >= 0.6 is 7.82 Å². The SMILES string of the molecule is CCCC/C=C\C/C=C\CCCCCCCCOCC(COP(=O)(O)OCC[N+](C)(C)C)OC(C)=O. The lowest BCUT2D eigenvalue weighted by Gasteiger charge is -2.24. The van der Waals surface area contributed by atoms with Gasteiger partial charge in [0.2, 0.25) is 0 Å². The van der Waals surface area contributed by atoms with E-state index in [1.54, 1.807) is 0 Å². The highest BCUT2D eigenvalue weighted by Crippen LogP contribution is 2.43. The van der Waals surface area contributed by atoms with Gasteiger partial charge in [-0.2, -0.15) is 0 Å². The average molecular weight is 535 g/mol. The maximum Gasteiger partial charge on any atom is 0.472 e. The van der Waals surface area contributed by atoms with Crippen molar-refractivity contribution < 1.29 is 37.3 Å². The van der Waals surface area contributed by atoms with Crippen molar-refractivity contribution >= 4 is 13.8 Å². The van der Waals surface area contributed by atoms with Gasteiger partial charge in [-0.25, -0.2) is 4.57 Å². The van der Waals surface area contributed by atoms with Gasteiger partial charge in [-0.1, -0.05) is 69.8 Å². The molecule has 36 heavy (non-hydrogen) atoms. The third-order valence-corrected chi connectivity index (χ3v) is 6.30. The van der Waals surface area contributed by atoms with Crippen LogP contribution in [0.3, 0.4) is 0 Å². The van der Waals surface area contributed by atoms with Gasteiger partial charge in [-0.05, 0) is 32.1 Å². The van der Waals surface area contributed by atoms with E-state index in [2.05, 4.69) is 31.2 Å². The minimum atomic E-state index is -4.22. The van der Waals surface area contributed by atoms with Crippen LogP contribution in [0.25, 0.3) is 0 Å². The Morgan fingerprint density at radius 3 is 2.08 bits per heavy atom. The Balaban J connectivity index is 3.84. The Morgan fingerprint density at radius 1 is 0.861 bits per heavy atom. The van der Waals surface area contributed by atoms with E-state index in [1.165, 1.54) is 51.9 Å². The zero-order chi connectivity index (χ0) is 27.1. The monoisotopic (exact) mass is 534 g/mol. The number of allylic oxidation sites excluding steroid dienone is 4. The summed E-state index contributed by atoms with van der Waals surface area (Å²) in [5.74, 6) is -0.496. The second kappa shape index (κ2) is 22.0. The van der Waals surface area contributed by atoms with Gasteiger partial charge >= 0.3 is 13.8 Å². The highest BCUT2D eigenvalue weighted by Gasteiger charge is 2.25. The Bertz CT molecular complexity index is 647. The summed E-state index contributed by atoms with van der Waals surface area (Å²) in [5.41, 5.74) is 0. The Morgan fingerprint density at radius 2 is 1.47 bits per heavy atom. The lowest BCUT2D eigenvalue weighted by atomic mass is 10.1. The molecule has 0 aliphatic carbocycles. The van der Waals surface area contributed by atoms with E-state index in [1.807, 2.05) is 21.1 Å². The number of phosphoric acid groups is 1. The molecule has 2 unspecified atom stereocenters. The fraction of sp³-hybridized carbons (Fsp3) is 0.815. The van der Waals surface area contributed by atoms with Gasteiger partial charge in [0.15, 0.2) is 0 Å². The van der Waals surface area contributed by atoms with E-state index in [9.17, 15) is 14.3 Å². The molecule has 1 N–H and O–H groups in total. The summed E-state index contributed by atoms with van der Waals surface area (Å²) >= 11 is 0. The predicted molar refractivity (Wildman–Crippen MR) is 146 cm³/mol. The van der Waals surface area contributed by atoms with Crippen molar-refractivity contribution in [3.05, 3.63) is 24.3 Å². The summed E-state index contributed by atoms with van der Waals surface area (Å²) < 4.78 is 33.4. The Hall–Kier alpha value is -1.02. The van der Waals surface area contributed by atoms with Crippen LogP contribution in [0, 0.1) is 0 Å². The van der Waals surface area contributed by atoms with Crippen molar-refractivity contribution in [2.24, 2.45) is 0 Å². The minimum absolute atomic E-state index is 0.0828. The van der Waals surface area contributed by atoms with Crippen LogP contribution in [-0.4, -0.2) is 75.6 Å². The standard InChI is InChI=1S/C27H52NO7P/c1-6-7-8-9-10-11-12-13-14-15-16-17-18-19-20-22-32-24-27(35-26(2)29)25-34-36(30,31)33-23-21-28(3,4)5/h9-10,12-13,27H,6-8,11,14-25H2,1-5H3/p+1/b10-9-,13-12-. The van der Waals surface area contributed by atoms with E-state index < -0.39 is 19.9 Å². The van der Waals surface area contributed by atoms with Gasteiger partial charge in [-0.15, -0.1) is 0 Å². The number of quaternary nitrogens is 1. The lowest BCUT2D eigenvalue weighted by Crippen LogP contribution is -2.37. The molecule has 0 rings (SSSR count). The molecule has 9 heteroatoms. The first-order valence-corrected chi connectivity index (χ1v) is 15.0. The number of ether oxygens (including phenoxy) is 2. The molecule has 0 bridgehead atoms. The van der Waals surface area contributed by atoms with Crippen molar-refractivity contribution in [3.8, 4) is 0 Å². The second-order valence-electron chi connectivity index (χ2n) is 10.1. The Labute approximate surface area is 220 Å². The zero-order valence-corrected chi connectivity index (χ0v) is 24.4. The molecule has 0 aromatic heterocycles. The van der Waals surface area contributed by atoms with Crippen molar-refractivity contribution in [1.29, 1.82) is 0 Å². The second-order valence-corrected chi connectivity index (χ2v) is 11.6. The number of unbranched alkanes of at least 4 members (excludes halogenated alkanes) is 8. The number of hydrogen-bond donors (Lipinski definition) is 1. The first kappa shape index (κ1) is 35.0. The third kappa shape index (κ3) is 26.1. The van der Waals surface area contributed by atoms with E-state index in [-0.39, 0.29) is 19.8 Å². The molecular weight excluding hydrogens is 481 g/mol. The number of rotatable bonds is 24. The smallest absolute Gasteiger partial charge is 0.458 e. The minimum Gasteiger partial charge on any atom is -0.458 e. The predicted octanol–water partition coefficient (Wildman–Crippen LogP) is 6.20. The molecule has 0 spiro atoms. The van der Waals surface area contributed by atoms with Gasteiger partial charge in [0, 0.05) is 13.5 Å². The number of carbonyl (C=O) groups is 1. The van der Waals surface area contributed by atoms with E-state index in [0.717, 1.165) is 25.7 Å². The zero-order valence-electron chi connectivity index (χ0n) is 23.5. The number of likely N-dealkylation sites (N-methyl/N-ethyl adjacent to an activating group) is 1. The molecule has 2 atom stereocenters. The average Bonchev–Trinajstić information content (AvgIpc) is 2.78. The summed E-state index contributed by atoms with van der Waals surface area (Å²) in [5, 5.41) is 0. The quantitative estimate of drug-likeness (QED) is 0.0518. The van der Waals surface area contributed by atoms with Crippen molar-refractivity contribution in [3.63, 3.8) is 0 Å². The fourth-order valence-corrected chi connectivity index (χ4v) is 3.95. The topological polar surface area (TPSA) is 91.3 Å². The molecule has 0 fully saturated rings. The fourth-order valence-electron chi connectivity index (χ4n) is 3.21. The normalized spacial score (nSPS) is 14.9. The number of nitrogens with zero attached hydrogens (tertiary/aromatic N) is 1. The number of esters is 1. The number of phosphoric ester groups is 1. The molecule has 212 valence electrons. The first-order chi connectivity index (χ1) is 17.1. The summed E-state index contributed by atoms with van der Waals surface area (Å²) in [4.78, 5) is 21.2. The molecule has 0 radical (unpaired) electrons.